The number of fused-ring (bicyclic) bond motifs is 1. The number of rotatable bonds is 4. The van der Waals surface area contributed by atoms with E-state index in [9.17, 15) is 4.79 Å². The summed E-state index contributed by atoms with van der Waals surface area (Å²) in [7, 11) is 1.38. The Balaban J connectivity index is 2.19. The minimum absolute atomic E-state index is 0.103. The van der Waals surface area contributed by atoms with Crippen molar-refractivity contribution in [3.05, 3.63) is 16.4 Å². The van der Waals surface area contributed by atoms with Crippen LogP contribution < -0.4 is 0 Å². The molecule has 114 valence electrons. The van der Waals surface area contributed by atoms with Crippen LogP contribution >= 0.6 is 11.3 Å². The zero-order valence-electron chi connectivity index (χ0n) is 12.7. The van der Waals surface area contributed by atoms with Crippen LogP contribution in [0, 0.1) is 6.92 Å². The van der Waals surface area contributed by atoms with Gasteiger partial charge < -0.3 is 9.57 Å². The Morgan fingerprint density at radius 2 is 2.19 bits per heavy atom. The number of nitrogens with zero attached hydrogens (tertiary/aromatic N) is 4. The van der Waals surface area contributed by atoms with Crippen molar-refractivity contribution in [2.24, 2.45) is 5.16 Å². The van der Waals surface area contributed by atoms with Crippen LogP contribution in [0.4, 0.5) is 0 Å². The first-order chi connectivity index (χ1) is 9.82. The molecule has 0 bridgehead atoms. The van der Waals surface area contributed by atoms with Gasteiger partial charge in [0, 0.05) is 10.3 Å². The number of aryl methyl sites for hydroxylation is 1. The van der Waals surface area contributed by atoms with Gasteiger partial charge in [0.15, 0.2) is 5.82 Å². The van der Waals surface area contributed by atoms with Gasteiger partial charge in [0.1, 0.15) is 7.11 Å². The fraction of sp³-hybridized carbons (Fsp3) is 0.538. The van der Waals surface area contributed by atoms with Gasteiger partial charge in [0.2, 0.25) is 11.4 Å². The van der Waals surface area contributed by atoms with Crippen LogP contribution in [0.5, 0.6) is 0 Å². The van der Waals surface area contributed by atoms with Gasteiger partial charge in [-0.1, -0.05) is 37.3 Å². The highest BCUT2D eigenvalue weighted by Crippen LogP contribution is 2.26. The van der Waals surface area contributed by atoms with Crippen LogP contribution in [-0.4, -0.2) is 34.1 Å². The van der Waals surface area contributed by atoms with Crippen LogP contribution in [0.3, 0.4) is 0 Å². The summed E-state index contributed by atoms with van der Waals surface area (Å²) in [5.74, 6) is 0.387. The van der Waals surface area contributed by atoms with E-state index in [4.69, 9.17) is 4.74 Å². The van der Waals surface area contributed by atoms with E-state index >= 15 is 0 Å². The summed E-state index contributed by atoms with van der Waals surface area (Å²) < 4.78 is 6.57. The molecule has 0 N–H and O–H groups in total. The molecule has 0 aliphatic carbocycles. The van der Waals surface area contributed by atoms with Crippen LogP contribution in [0.1, 0.15) is 37.2 Å². The lowest BCUT2D eigenvalue weighted by Gasteiger charge is -2.12. The SMILES string of the molecule is CO/N=C/OC(=O)Cc1sc2nc(C(C)(C)C)nn2c1C. The molecule has 0 aliphatic heterocycles. The number of oxime groups is 1. The van der Waals surface area contributed by atoms with Gasteiger partial charge in [-0.3, -0.25) is 4.79 Å². The second kappa shape index (κ2) is 5.80. The molecule has 2 heterocycles. The maximum absolute atomic E-state index is 11.7. The van der Waals surface area contributed by atoms with Gasteiger partial charge >= 0.3 is 5.97 Å². The highest BCUT2D eigenvalue weighted by atomic mass is 32.1. The molecule has 2 aromatic heterocycles. The van der Waals surface area contributed by atoms with E-state index in [-0.39, 0.29) is 11.8 Å². The molecule has 2 aromatic rings. The quantitative estimate of drug-likeness (QED) is 0.374. The molecule has 0 amide bonds. The maximum atomic E-state index is 11.7. The summed E-state index contributed by atoms with van der Waals surface area (Å²) in [5, 5.41) is 7.86. The highest BCUT2D eigenvalue weighted by Gasteiger charge is 2.22. The molecule has 0 aromatic carbocycles. The molecular weight excluding hydrogens is 292 g/mol. The van der Waals surface area contributed by atoms with Gasteiger partial charge in [-0.15, -0.1) is 5.10 Å². The Bertz CT molecular complexity index is 681. The fourth-order valence-electron chi connectivity index (χ4n) is 1.66. The van der Waals surface area contributed by atoms with Crippen molar-refractivity contribution in [1.29, 1.82) is 0 Å². The number of esters is 1. The van der Waals surface area contributed by atoms with Gasteiger partial charge in [0.25, 0.3) is 0 Å². The van der Waals surface area contributed by atoms with Crippen LogP contribution in [-0.2, 0) is 26.2 Å². The standard InChI is InChI=1S/C13H18N4O3S/c1-8-9(6-10(18)20-7-14-19-5)21-12-15-11(13(2,3)4)16-17(8)12/h7H,6H2,1-5H3/b14-7+. The van der Waals surface area contributed by atoms with Gasteiger partial charge in [-0.05, 0) is 6.92 Å². The molecule has 8 heteroatoms. The van der Waals surface area contributed by atoms with Crippen LogP contribution in [0.2, 0.25) is 0 Å². The van der Waals surface area contributed by atoms with Crippen molar-refractivity contribution in [3.63, 3.8) is 0 Å². The second-order valence-electron chi connectivity index (χ2n) is 5.55. The number of hydrogen-bond donors (Lipinski definition) is 0. The zero-order chi connectivity index (χ0) is 15.6. The van der Waals surface area contributed by atoms with E-state index in [1.165, 1.54) is 18.4 Å². The molecule has 2 rings (SSSR count). The number of carbonyl (C=O) groups is 1. The third-order valence-corrected chi connectivity index (χ3v) is 3.95. The number of ether oxygens (including phenoxy) is 1. The van der Waals surface area contributed by atoms with Crippen molar-refractivity contribution in [2.75, 3.05) is 7.11 Å². The third kappa shape index (κ3) is 3.38. The first-order valence-electron chi connectivity index (χ1n) is 6.43. The summed E-state index contributed by atoms with van der Waals surface area (Å²) in [6.45, 7) is 8.11. The normalized spacial score (nSPS) is 12.2. The zero-order valence-corrected chi connectivity index (χ0v) is 13.5. The summed E-state index contributed by atoms with van der Waals surface area (Å²) in [6, 6.07) is 0. The van der Waals surface area contributed by atoms with Gasteiger partial charge in [0.05, 0.1) is 12.1 Å². The average molecular weight is 310 g/mol. The van der Waals surface area contributed by atoms with Crippen LogP contribution in [0.25, 0.3) is 4.96 Å². The summed E-state index contributed by atoms with van der Waals surface area (Å²) in [5.41, 5.74) is 0.798. The Morgan fingerprint density at radius 3 is 2.76 bits per heavy atom. The number of aromatic nitrogens is 3. The fourth-order valence-corrected chi connectivity index (χ4v) is 2.70. The molecule has 21 heavy (non-hydrogen) atoms. The predicted octanol–water partition coefficient (Wildman–Crippen LogP) is 2.07. The topological polar surface area (TPSA) is 78.1 Å². The molecule has 0 atom stereocenters. The summed E-state index contributed by atoms with van der Waals surface area (Å²) in [4.78, 5) is 22.2. The molecule has 0 saturated carbocycles. The highest BCUT2D eigenvalue weighted by molar-refractivity contribution is 7.17. The lowest BCUT2D eigenvalue weighted by atomic mass is 9.96. The van der Waals surface area contributed by atoms with Crippen molar-refractivity contribution < 1.29 is 14.4 Å². The first-order valence-corrected chi connectivity index (χ1v) is 7.24. The first kappa shape index (κ1) is 15.4. The van der Waals surface area contributed by atoms with Crippen LogP contribution in [0.15, 0.2) is 5.16 Å². The Kier molecular flexibility index (Phi) is 4.26. The van der Waals surface area contributed by atoms with E-state index < -0.39 is 5.97 Å². The molecule has 0 aliphatic rings. The maximum Gasteiger partial charge on any atom is 0.317 e. The second-order valence-corrected chi connectivity index (χ2v) is 6.61. The molecule has 7 nitrogen and oxygen atoms in total. The number of carbonyl (C=O) groups excluding carboxylic acids is 1. The van der Waals surface area contributed by atoms with E-state index in [1.54, 1.807) is 4.52 Å². The summed E-state index contributed by atoms with van der Waals surface area (Å²) >= 11 is 1.44. The average Bonchev–Trinajstić information content (AvgIpc) is 2.91. The van der Waals surface area contributed by atoms with Crippen molar-refractivity contribution in [3.8, 4) is 0 Å². The van der Waals surface area contributed by atoms with Gasteiger partial charge in [-0.25, -0.2) is 9.50 Å². The Labute approximate surface area is 126 Å². The largest absolute Gasteiger partial charge is 0.411 e. The molecule has 0 spiro atoms. The van der Waals surface area contributed by atoms with E-state index in [1.807, 2.05) is 6.92 Å². The predicted molar refractivity (Wildman–Crippen MR) is 79.6 cm³/mol. The molecule has 0 radical (unpaired) electrons. The minimum atomic E-state index is -0.403. The Morgan fingerprint density at radius 1 is 1.48 bits per heavy atom. The lowest BCUT2D eigenvalue weighted by Crippen LogP contribution is -2.14. The monoisotopic (exact) mass is 310 g/mol. The van der Waals surface area contributed by atoms with E-state index in [0.717, 1.165) is 27.8 Å². The van der Waals surface area contributed by atoms with E-state index in [0.29, 0.717) is 0 Å². The number of hydrogen-bond acceptors (Lipinski definition) is 7. The summed E-state index contributed by atoms with van der Waals surface area (Å²) in [6.07, 6.45) is 1.13. The molecular formula is C13H18N4O3S. The number of thiazole rings is 1. The minimum Gasteiger partial charge on any atom is -0.411 e. The molecule has 0 saturated heterocycles. The van der Waals surface area contributed by atoms with Crippen molar-refractivity contribution >= 4 is 28.7 Å². The van der Waals surface area contributed by atoms with Crippen molar-refractivity contribution in [1.82, 2.24) is 14.6 Å². The van der Waals surface area contributed by atoms with E-state index in [2.05, 4.69) is 40.8 Å². The molecule has 0 fully saturated rings. The Hall–Kier alpha value is -1.96. The smallest absolute Gasteiger partial charge is 0.317 e. The lowest BCUT2D eigenvalue weighted by molar-refractivity contribution is -0.134. The molecule has 0 unspecified atom stereocenters. The third-order valence-electron chi connectivity index (χ3n) is 2.82. The van der Waals surface area contributed by atoms with Crippen molar-refractivity contribution in [2.45, 2.75) is 39.5 Å². The van der Waals surface area contributed by atoms with Gasteiger partial charge in [-0.2, -0.15) is 0 Å².